The van der Waals surface area contributed by atoms with Crippen molar-refractivity contribution in [3.8, 4) is 0 Å². The quantitative estimate of drug-likeness (QED) is 0.559. The average Bonchev–Trinajstić information content (AvgIpc) is 3.08. The van der Waals surface area contributed by atoms with Crippen LogP contribution in [0.25, 0.3) is 0 Å². The summed E-state index contributed by atoms with van der Waals surface area (Å²) in [6, 6.07) is 1.81. The van der Waals surface area contributed by atoms with Crippen LogP contribution in [-0.2, 0) is 24.2 Å². The number of nitrogens with zero attached hydrogens (tertiary/aromatic N) is 1. The highest BCUT2D eigenvalue weighted by atomic mass is 32.1. The smallest absolute Gasteiger partial charge is 0.288 e. The van der Waals surface area contributed by atoms with Gasteiger partial charge in [0.15, 0.2) is 0 Å². The number of amides is 2. The fourth-order valence-electron chi connectivity index (χ4n) is 2.81. The molecule has 2 aromatic heterocycles. The Hall–Kier alpha value is -1.61. The molecule has 3 N–H and O–H groups in total. The second-order valence-electron chi connectivity index (χ2n) is 5.62. The molecule has 1 aliphatic rings. The largest absolute Gasteiger partial charge is 0.317 e. The Morgan fingerprint density at radius 3 is 2.83 bits per heavy atom. The third-order valence-electron chi connectivity index (χ3n) is 4.01. The molecule has 2 aromatic rings. The number of aromatic nitrogens is 1. The van der Waals surface area contributed by atoms with Gasteiger partial charge in [0.2, 0.25) is 0 Å². The summed E-state index contributed by atoms with van der Waals surface area (Å²) in [5, 5.41) is 9.71. The standard InChI is InChI=1S/C15H17N3O3S2/c1-8-11(22-9(2)16-8)6-14(19)18-4-3-10-5-12(15(20)17-21)23-13(10)7-18/h5,21H,3-4,6-7H2,1-2H3,(H,17,20)/p+1. The van der Waals surface area contributed by atoms with Crippen molar-refractivity contribution in [3.05, 3.63) is 37.0 Å². The molecule has 1 aliphatic heterocycles. The minimum Gasteiger partial charge on any atom is -0.288 e. The summed E-state index contributed by atoms with van der Waals surface area (Å²) in [7, 11) is 0. The molecule has 0 aliphatic carbocycles. The summed E-state index contributed by atoms with van der Waals surface area (Å²) < 4.78 is 0. The molecule has 0 aromatic carbocycles. The lowest BCUT2D eigenvalue weighted by atomic mass is 10.1. The molecule has 0 bridgehead atoms. The first-order chi connectivity index (χ1) is 11.0. The van der Waals surface area contributed by atoms with E-state index in [0.29, 0.717) is 17.8 Å². The maximum absolute atomic E-state index is 12.6. The first-order valence-corrected chi connectivity index (χ1v) is 8.98. The number of aryl methyl sites for hydroxylation is 2. The van der Waals surface area contributed by atoms with Crippen LogP contribution < -0.4 is 10.4 Å². The number of hydroxylamine groups is 1. The van der Waals surface area contributed by atoms with Crippen LogP contribution in [0.1, 0.15) is 35.7 Å². The van der Waals surface area contributed by atoms with Gasteiger partial charge in [-0.15, -0.1) is 22.7 Å². The normalized spacial score (nSPS) is 16.9. The monoisotopic (exact) mass is 352 g/mol. The second-order valence-corrected chi connectivity index (χ2v) is 8.05. The number of nitrogens with one attached hydrogen (secondary N) is 2. The van der Waals surface area contributed by atoms with Crippen LogP contribution >= 0.6 is 22.7 Å². The second kappa shape index (κ2) is 6.48. The van der Waals surface area contributed by atoms with E-state index in [1.807, 2.05) is 19.9 Å². The number of fused-ring (bicyclic) bond motifs is 1. The fraction of sp³-hybridized carbons (Fsp3) is 0.400. The van der Waals surface area contributed by atoms with E-state index in [1.165, 1.54) is 11.3 Å². The van der Waals surface area contributed by atoms with Crippen molar-refractivity contribution in [3.63, 3.8) is 0 Å². The zero-order valence-electron chi connectivity index (χ0n) is 12.9. The summed E-state index contributed by atoms with van der Waals surface area (Å²) in [6.45, 7) is 5.23. The average molecular weight is 352 g/mol. The molecule has 1 atom stereocenters. The van der Waals surface area contributed by atoms with Gasteiger partial charge in [0.25, 0.3) is 5.91 Å². The number of quaternary nitrogens is 1. The van der Waals surface area contributed by atoms with Crippen molar-refractivity contribution < 1.29 is 19.7 Å². The topological polar surface area (TPSA) is 83.7 Å². The van der Waals surface area contributed by atoms with E-state index in [-0.39, 0.29) is 5.91 Å². The van der Waals surface area contributed by atoms with Crippen molar-refractivity contribution >= 4 is 34.5 Å². The number of thiazole rings is 1. The maximum Gasteiger partial charge on any atom is 0.317 e. The molecule has 122 valence electrons. The van der Waals surface area contributed by atoms with Crippen molar-refractivity contribution in [2.75, 3.05) is 6.54 Å². The van der Waals surface area contributed by atoms with E-state index >= 15 is 0 Å². The van der Waals surface area contributed by atoms with Gasteiger partial charge in [0.05, 0.1) is 33.4 Å². The minimum absolute atomic E-state index is 0.170. The number of hydrogen-bond acceptors (Lipinski definition) is 6. The van der Waals surface area contributed by atoms with Gasteiger partial charge in [-0.05, 0) is 25.5 Å². The molecule has 3 heterocycles. The molecule has 0 saturated heterocycles. The van der Waals surface area contributed by atoms with Gasteiger partial charge in [0, 0.05) is 11.3 Å². The highest BCUT2D eigenvalue weighted by Gasteiger charge is 2.29. The predicted octanol–water partition coefficient (Wildman–Crippen LogP) is 0.651. The third-order valence-corrected chi connectivity index (χ3v) is 6.26. The molecule has 1 unspecified atom stereocenters. The number of hydrogen-bond donors (Lipinski definition) is 3. The van der Waals surface area contributed by atoms with Crippen LogP contribution in [0.15, 0.2) is 6.07 Å². The van der Waals surface area contributed by atoms with Gasteiger partial charge in [-0.2, -0.15) is 0 Å². The lowest BCUT2D eigenvalue weighted by Gasteiger charge is -2.21. The molecule has 8 heteroatoms. The Kier molecular flexibility index (Phi) is 4.58. The number of rotatable bonds is 3. The van der Waals surface area contributed by atoms with Gasteiger partial charge in [-0.3, -0.25) is 14.9 Å². The van der Waals surface area contributed by atoms with E-state index in [4.69, 9.17) is 5.21 Å². The fourth-order valence-corrected chi connectivity index (χ4v) is 4.89. The number of carbonyl (C=O) groups is 2. The van der Waals surface area contributed by atoms with Crippen LogP contribution in [0, 0.1) is 13.8 Å². The molecular weight excluding hydrogens is 334 g/mol. The van der Waals surface area contributed by atoms with E-state index in [1.54, 1.807) is 16.8 Å². The molecular formula is C15H18N3O3S2+. The molecule has 0 spiro atoms. The maximum atomic E-state index is 12.6. The zero-order valence-corrected chi connectivity index (χ0v) is 14.6. The Labute approximate surface area is 141 Å². The lowest BCUT2D eigenvalue weighted by Crippen LogP contribution is -3.14. The molecule has 0 radical (unpaired) electrons. The zero-order chi connectivity index (χ0) is 16.6. The van der Waals surface area contributed by atoms with Crippen molar-refractivity contribution in [1.29, 1.82) is 0 Å². The van der Waals surface area contributed by atoms with Crippen molar-refractivity contribution in [1.82, 2.24) is 10.5 Å². The summed E-state index contributed by atoms with van der Waals surface area (Å²) >= 11 is 2.93. The molecule has 3 rings (SSSR count). The minimum atomic E-state index is -0.493. The van der Waals surface area contributed by atoms with Gasteiger partial charge in [-0.1, -0.05) is 0 Å². The van der Waals surface area contributed by atoms with E-state index in [0.717, 1.165) is 43.9 Å². The van der Waals surface area contributed by atoms with Gasteiger partial charge >= 0.3 is 5.91 Å². The van der Waals surface area contributed by atoms with Crippen molar-refractivity contribution in [2.24, 2.45) is 0 Å². The van der Waals surface area contributed by atoms with Gasteiger partial charge in [-0.25, -0.2) is 15.3 Å². The predicted molar refractivity (Wildman–Crippen MR) is 87.1 cm³/mol. The number of carbonyl (C=O) groups excluding carboxylic acids is 2. The summed E-state index contributed by atoms with van der Waals surface area (Å²) in [5.74, 6) is -0.322. The van der Waals surface area contributed by atoms with Crippen LogP contribution in [0.4, 0.5) is 0 Å². The third kappa shape index (κ3) is 3.35. The molecule has 6 nitrogen and oxygen atoms in total. The first-order valence-electron chi connectivity index (χ1n) is 7.34. The SMILES string of the molecule is Cc1nc(C)c(CC(=O)[NH+]2CCc3cc(C(=O)NO)sc3C2)s1. The summed E-state index contributed by atoms with van der Waals surface area (Å²) in [4.78, 5) is 31.9. The van der Waals surface area contributed by atoms with E-state index in [2.05, 4.69) is 4.98 Å². The molecule has 23 heavy (non-hydrogen) atoms. The van der Waals surface area contributed by atoms with Crippen LogP contribution in [-0.4, -0.2) is 28.6 Å². The highest BCUT2D eigenvalue weighted by molar-refractivity contribution is 7.14. The summed E-state index contributed by atoms with van der Waals surface area (Å²) in [6.07, 6.45) is 1.18. The van der Waals surface area contributed by atoms with Crippen molar-refractivity contribution in [2.45, 2.75) is 33.2 Å². The van der Waals surface area contributed by atoms with E-state index < -0.39 is 5.91 Å². The Morgan fingerprint density at radius 2 is 2.17 bits per heavy atom. The van der Waals surface area contributed by atoms with Gasteiger partial charge < -0.3 is 0 Å². The Balaban J connectivity index is 1.71. The highest BCUT2D eigenvalue weighted by Crippen LogP contribution is 2.24. The first kappa shape index (κ1) is 16.3. The number of thiophene rings is 1. The van der Waals surface area contributed by atoms with E-state index in [9.17, 15) is 9.59 Å². The lowest BCUT2D eigenvalue weighted by molar-refractivity contribution is -0.836. The Bertz CT molecular complexity index is 766. The summed E-state index contributed by atoms with van der Waals surface area (Å²) in [5.41, 5.74) is 3.70. The molecule has 0 saturated carbocycles. The van der Waals surface area contributed by atoms with Crippen LogP contribution in [0.5, 0.6) is 0 Å². The molecule has 0 fully saturated rings. The van der Waals surface area contributed by atoms with Gasteiger partial charge in [0.1, 0.15) is 6.54 Å². The van der Waals surface area contributed by atoms with Crippen LogP contribution in [0.2, 0.25) is 0 Å². The Morgan fingerprint density at radius 1 is 1.39 bits per heavy atom. The van der Waals surface area contributed by atoms with Crippen LogP contribution in [0.3, 0.4) is 0 Å². The molecule has 2 amide bonds.